The van der Waals surface area contributed by atoms with Gasteiger partial charge in [-0.25, -0.2) is 0 Å². The topological polar surface area (TPSA) is 50.4 Å². The predicted molar refractivity (Wildman–Crippen MR) is 77.3 cm³/mol. The van der Waals surface area contributed by atoms with Crippen molar-refractivity contribution in [2.24, 2.45) is 0 Å². The van der Waals surface area contributed by atoms with Gasteiger partial charge in [0.1, 0.15) is 12.4 Å². The Kier molecular flexibility index (Phi) is 7.66. The molecule has 0 bridgehead atoms. The van der Waals surface area contributed by atoms with Crippen LogP contribution in [-0.4, -0.2) is 31.6 Å². The van der Waals surface area contributed by atoms with Crippen molar-refractivity contribution in [1.82, 2.24) is 10.6 Å². The van der Waals surface area contributed by atoms with E-state index < -0.39 is 0 Å². The number of benzene rings is 1. The lowest BCUT2D eigenvalue weighted by atomic mass is 10.2. The summed E-state index contributed by atoms with van der Waals surface area (Å²) in [5, 5.41) is 6.05. The van der Waals surface area contributed by atoms with Crippen molar-refractivity contribution in [3.05, 3.63) is 30.3 Å². The van der Waals surface area contributed by atoms with Crippen LogP contribution >= 0.6 is 0 Å². The summed E-state index contributed by atoms with van der Waals surface area (Å²) in [6, 6.07) is 9.94. The molecule has 0 aliphatic heterocycles. The lowest BCUT2D eigenvalue weighted by Gasteiger charge is -2.15. The molecular weight excluding hydrogens is 240 g/mol. The molecule has 4 heteroatoms. The summed E-state index contributed by atoms with van der Waals surface area (Å²) in [4.78, 5) is 11.6. The summed E-state index contributed by atoms with van der Waals surface area (Å²) in [5.74, 6) is 0.902. The number of rotatable bonds is 9. The number of hydrogen-bond acceptors (Lipinski definition) is 3. The van der Waals surface area contributed by atoms with Crippen molar-refractivity contribution < 1.29 is 9.53 Å². The van der Waals surface area contributed by atoms with E-state index in [0.717, 1.165) is 18.6 Å². The fraction of sp³-hybridized carbons (Fsp3) is 0.533. The number of nitrogens with one attached hydrogen (secondary N) is 2. The van der Waals surface area contributed by atoms with Crippen LogP contribution in [0.5, 0.6) is 5.75 Å². The molecule has 0 radical (unpaired) electrons. The smallest absolute Gasteiger partial charge is 0.234 e. The maximum Gasteiger partial charge on any atom is 0.234 e. The number of hydrogen-bond donors (Lipinski definition) is 2. The molecule has 0 fully saturated rings. The molecule has 19 heavy (non-hydrogen) atoms. The monoisotopic (exact) mass is 264 g/mol. The maximum absolute atomic E-state index is 11.6. The quantitative estimate of drug-likeness (QED) is 0.670. The molecule has 0 unspecified atom stereocenters. The van der Waals surface area contributed by atoms with Crippen molar-refractivity contribution >= 4 is 5.91 Å². The van der Waals surface area contributed by atoms with Crippen molar-refractivity contribution in [1.29, 1.82) is 0 Å². The first-order valence-electron chi connectivity index (χ1n) is 6.94. The number of ether oxygens (including phenoxy) is 1. The van der Waals surface area contributed by atoms with Crippen LogP contribution in [0.4, 0.5) is 0 Å². The molecule has 0 saturated carbocycles. The molecule has 0 aromatic heterocycles. The van der Waals surface area contributed by atoms with Crippen LogP contribution < -0.4 is 15.4 Å². The molecule has 1 aromatic rings. The second-order valence-electron chi connectivity index (χ2n) is 4.42. The molecule has 0 aliphatic carbocycles. The van der Waals surface area contributed by atoms with E-state index in [1.165, 1.54) is 0 Å². The van der Waals surface area contributed by atoms with Crippen molar-refractivity contribution in [3.8, 4) is 5.75 Å². The first-order chi connectivity index (χ1) is 9.26. The van der Waals surface area contributed by atoms with Crippen LogP contribution in [0.1, 0.15) is 26.7 Å². The molecule has 0 aliphatic rings. The van der Waals surface area contributed by atoms with E-state index in [0.29, 0.717) is 19.7 Å². The number of carbonyl (C=O) groups is 1. The first kappa shape index (κ1) is 15.5. The molecule has 106 valence electrons. The van der Waals surface area contributed by atoms with Gasteiger partial charge in [-0.05, 0) is 25.0 Å². The molecule has 1 amide bonds. The Bertz CT molecular complexity index is 350. The predicted octanol–water partition coefficient (Wildman–Crippen LogP) is 1.96. The molecule has 0 atom stereocenters. The van der Waals surface area contributed by atoms with Crippen LogP contribution in [0.25, 0.3) is 0 Å². The Hall–Kier alpha value is -1.55. The minimum Gasteiger partial charge on any atom is -0.492 e. The lowest BCUT2D eigenvalue weighted by Crippen LogP contribution is -2.40. The lowest BCUT2D eigenvalue weighted by molar-refractivity contribution is -0.121. The normalized spacial score (nSPS) is 10.5. The van der Waals surface area contributed by atoms with Gasteiger partial charge in [0.05, 0.1) is 6.54 Å². The van der Waals surface area contributed by atoms with Crippen LogP contribution in [-0.2, 0) is 4.79 Å². The Morgan fingerprint density at radius 3 is 2.53 bits per heavy atom. The minimum absolute atomic E-state index is 0.0495. The summed E-state index contributed by atoms with van der Waals surface area (Å²) >= 11 is 0. The van der Waals surface area contributed by atoms with Gasteiger partial charge >= 0.3 is 0 Å². The van der Waals surface area contributed by atoms with Crippen LogP contribution in [0.15, 0.2) is 30.3 Å². The highest BCUT2D eigenvalue weighted by Crippen LogP contribution is 2.07. The van der Waals surface area contributed by atoms with Gasteiger partial charge in [-0.3, -0.25) is 4.79 Å². The van der Waals surface area contributed by atoms with Crippen molar-refractivity contribution in [2.45, 2.75) is 32.7 Å². The zero-order valence-corrected chi connectivity index (χ0v) is 11.8. The third-order valence-electron chi connectivity index (χ3n) is 2.93. The number of carbonyl (C=O) groups excluding carboxylic acids is 1. The van der Waals surface area contributed by atoms with Gasteiger partial charge in [0.2, 0.25) is 5.91 Å². The van der Waals surface area contributed by atoms with Crippen LogP contribution in [0.3, 0.4) is 0 Å². The second kappa shape index (κ2) is 9.39. The Balaban J connectivity index is 2.06. The SMILES string of the molecule is CCC(CC)NC(=O)CNCCOc1ccccc1. The Labute approximate surface area is 115 Å². The highest BCUT2D eigenvalue weighted by molar-refractivity contribution is 5.78. The van der Waals surface area contributed by atoms with Gasteiger partial charge < -0.3 is 15.4 Å². The summed E-state index contributed by atoms with van der Waals surface area (Å²) in [6.07, 6.45) is 1.94. The highest BCUT2D eigenvalue weighted by Gasteiger charge is 2.07. The molecule has 1 rings (SSSR count). The van der Waals surface area contributed by atoms with Gasteiger partial charge in [0.15, 0.2) is 0 Å². The van der Waals surface area contributed by atoms with Crippen LogP contribution in [0.2, 0.25) is 0 Å². The average Bonchev–Trinajstić information content (AvgIpc) is 2.45. The van der Waals surface area contributed by atoms with Gasteiger partial charge in [-0.1, -0.05) is 32.0 Å². The van der Waals surface area contributed by atoms with E-state index in [1.807, 2.05) is 30.3 Å². The standard InChI is InChI=1S/C15H24N2O2/c1-3-13(4-2)17-15(18)12-16-10-11-19-14-8-6-5-7-9-14/h5-9,13,16H,3-4,10-12H2,1-2H3,(H,17,18). The van der Waals surface area contributed by atoms with Gasteiger partial charge in [0, 0.05) is 12.6 Å². The fourth-order valence-corrected chi connectivity index (χ4v) is 1.73. The van der Waals surface area contributed by atoms with E-state index in [-0.39, 0.29) is 11.9 Å². The molecule has 4 nitrogen and oxygen atoms in total. The van der Waals surface area contributed by atoms with E-state index in [9.17, 15) is 4.79 Å². The second-order valence-corrected chi connectivity index (χ2v) is 4.42. The number of para-hydroxylation sites is 1. The van der Waals surface area contributed by atoms with E-state index in [1.54, 1.807) is 0 Å². The Morgan fingerprint density at radius 1 is 1.21 bits per heavy atom. The summed E-state index contributed by atoms with van der Waals surface area (Å²) in [6.45, 7) is 5.72. The first-order valence-corrected chi connectivity index (χ1v) is 6.94. The zero-order valence-electron chi connectivity index (χ0n) is 11.8. The summed E-state index contributed by atoms with van der Waals surface area (Å²) in [5.41, 5.74) is 0. The van der Waals surface area contributed by atoms with Crippen molar-refractivity contribution in [3.63, 3.8) is 0 Å². The number of amides is 1. The van der Waals surface area contributed by atoms with Crippen molar-refractivity contribution in [2.75, 3.05) is 19.7 Å². The molecule has 0 spiro atoms. The molecule has 0 saturated heterocycles. The van der Waals surface area contributed by atoms with Gasteiger partial charge in [0.25, 0.3) is 0 Å². The maximum atomic E-state index is 11.6. The van der Waals surface area contributed by atoms with E-state index >= 15 is 0 Å². The highest BCUT2D eigenvalue weighted by atomic mass is 16.5. The van der Waals surface area contributed by atoms with Crippen LogP contribution in [0, 0.1) is 0 Å². The molecular formula is C15H24N2O2. The molecule has 0 heterocycles. The Morgan fingerprint density at radius 2 is 1.89 bits per heavy atom. The third kappa shape index (κ3) is 6.82. The van der Waals surface area contributed by atoms with Gasteiger partial charge in [-0.2, -0.15) is 0 Å². The van der Waals surface area contributed by atoms with Gasteiger partial charge in [-0.15, -0.1) is 0 Å². The average molecular weight is 264 g/mol. The minimum atomic E-state index is 0.0495. The molecule has 1 aromatic carbocycles. The fourth-order valence-electron chi connectivity index (χ4n) is 1.73. The molecule has 2 N–H and O–H groups in total. The largest absolute Gasteiger partial charge is 0.492 e. The zero-order chi connectivity index (χ0) is 13.9. The van der Waals surface area contributed by atoms with E-state index in [2.05, 4.69) is 24.5 Å². The summed E-state index contributed by atoms with van der Waals surface area (Å²) < 4.78 is 5.52. The summed E-state index contributed by atoms with van der Waals surface area (Å²) in [7, 11) is 0. The third-order valence-corrected chi connectivity index (χ3v) is 2.93. The van der Waals surface area contributed by atoms with E-state index in [4.69, 9.17) is 4.74 Å².